The summed E-state index contributed by atoms with van der Waals surface area (Å²) >= 11 is 5.85. The normalized spacial score (nSPS) is 12.7. The highest BCUT2D eigenvalue weighted by Crippen LogP contribution is 2.30. The van der Waals surface area contributed by atoms with Crippen molar-refractivity contribution < 1.29 is 18.0 Å². The van der Waals surface area contributed by atoms with Crippen molar-refractivity contribution in [3.05, 3.63) is 70.2 Å². The predicted molar refractivity (Wildman–Crippen MR) is 83.2 cm³/mol. The molecule has 0 bridgehead atoms. The molecule has 1 atom stereocenters. The molecule has 2 rings (SSSR count). The minimum atomic E-state index is -4.40. The molecule has 1 N–H and O–H groups in total. The molecule has 0 saturated heterocycles. The Hall–Kier alpha value is -2.01. The summed E-state index contributed by atoms with van der Waals surface area (Å²) in [5.41, 5.74) is 0.413. The molecular formula is C17H15ClF3NO. The fourth-order valence-corrected chi connectivity index (χ4v) is 2.41. The van der Waals surface area contributed by atoms with Crippen molar-refractivity contribution in [2.24, 2.45) is 0 Å². The molecule has 0 heterocycles. The minimum absolute atomic E-state index is 0.115. The fourth-order valence-electron chi connectivity index (χ4n) is 2.19. The quantitative estimate of drug-likeness (QED) is 0.852. The molecule has 0 aliphatic heterocycles. The molecule has 122 valence electrons. The topological polar surface area (TPSA) is 29.1 Å². The average Bonchev–Trinajstić information content (AvgIpc) is 2.46. The van der Waals surface area contributed by atoms with Crippen LogP contribution >= 0.6 is 11.6 Å². The van der Waals surface area contributed by atoms with E-state index in [1.165, 1.54) is 6.07 Å². The molecule has 0 spiro atoms. The second-order valence-electron chi connectivity index (χ2n) is 5.22. The summed E-state index contributed by atoms with van der Waals surface area (Å²) < 4.78 is 38.2. The SMILES string of the molecule is CC(NC(=O)Cc1cccc(Cl)c1)c1cccc(C(F)(F)F)c1. The highest BCUT2D eigenvalue weighted by Gasteiger charge is 2.30. The number of amides is 1. The van der Waals surface area contributed by atoms with Crippen LogP contribution in [0, 0.1) is 0 Å². The van der Waals surface area contributed by atoms with Crippen molar-refractivity contribution in [3.8, 4) is 0 Å². The minimum Gasteiger partial charge on any atom is -0.349 e. The first-order chi connectivity index (χ1) is 10.8. The van der Waals surface area contributed by atoms with E-state index in [4.69, 9.17) is 11.6 Å². The monoisotopic (exact) mass is 341 g/mol. The summed E-state index contributed by atoms with van der Waals surface area (Å²) in [5, 5.41) is 3.22. The molecule has 0 aromatic heterocycles. The maximum Gasteiger partial charge on any atom is 0.416 e. The van der Waals surface area contributed by atoms with Crippen LogP contribution in [-0.2, 0) is 17.4 Å². The third-order valence-corrected chi connectivity index (χ3v) is 3.58. The number of alkyl halides is 3. The first-order valence-corrected chi connectivity index (χ1v) is 7.34. The van der Waals surface area contributed by atoms with Crippen LogP contribution in [0.4, 0.5) is 13.2 Å². The van der Waals surface area contributed by atoms with Crippen LogP contribution in [-0.4, -0.2) is 5.91 Å². The van der Waals surface area contributed by atoms with E-state index >= 15 is 0 Å². The lowest BCUT2D eigenvalue weighted by atomic mass is 10.0. The van der Waals surface area contributed by atoms with Gasteiger partial charge in [-0.3, -0.25) is 4.79 Å². The van der Waals surface area contributed by atoms with Crippen molar-refractivity contribution in [2.75, 3.05) is 0 Å². The van der Waals surface area contributed by atoms with Gasteiger partial charge in [0.15, 0.2) is 0 Å². The summed E-state index contributed by atoms with van der Waals surface area (Å²) in [6, 6.07) is 11.3. The number of benzene rings is 2. The summed E-state index contributed by atoms with van der Waals surface area (Å²) in [6.45, 7) is 1.64. The molecule has 2 aromatic carbocycles. The molecule has 0 aliphatic rings. The number of nitrogens with one attached hydrogen (secondary N) is 1. The van der Waals surface area contributed by atoms with Crippen LogP contribution in [0.1, 0.15) is 29.7 Å². The van der Waals surface area contributed by atoms with E-state index in [1.807, 2.05) is 0 Å². The number of rotatable bonds is 4. The van der Waals surface area contributed by atoms with Crippen LogP contribution < -0.4 is 5.32 Å². The predicted octanol–water partition coefficient (Wildman–Crippen LogP) is 4.78. The van der Waals surface area contributed by atoms with Gasteiger partial charge in [-0.05, 0) is 42.3 Å². The Morgan fingerprint density at radius 1 is 1.17 bits per heavy atom. The first kappa shape index (κ1) is 17.3. The Morgan fingerprint density at radius 2 is 1.87 bits per heavy atom. The second kappa shape index (κ2) is 7.04. The van der Waals surface area contributed by atoms with Gasteiger partial charge < -0.3 is 5.32 Å². The highest BCUT2D eigenvalue weighted by atomic mass is 35.5. The molecule has 0 saturated carbocycles. The van der Waals surface area contributed by atoms with Crippen LogP contribution in [0.25, 0.3) is 0 Å². The maximum absolute atomic E-state index is 12.7. The lowest BCUT2D eigenvalue weighted by Gasteiger charge is -2.16. The number of halogens is 4. The summed E-state index contributed by atoms with van der Waals surface area (Å²) in [7, 11) is 0. The van der Waals surface area contributed by atoms with E-state index in [-0.39, 0.29) is 12.3 Å². The Balaban J connectivity index is 2.04. The van der Waals surface area contributed by atoms with Gasteiger partial charge in [-0.15, -0.1) is 0 Å². The number of carbonyl (C=O) groups is 1. The Bertz CT molecular complexity index is 700. The molecule has 6 heteroatoms. The maximum atomic E-state index is 12.7. The molecule has 2 nitrogen and oxygen atoms in total. The molecular weight excluding hydrogens is 327 g/mol. The molecule has 23 heavy (non-hydrogen) atoms. The van der Waals surface area contributed by atoms with Crippen molar-refractivity contribution in [3.63, 3.8) is 0 Å². The van der Waals surface area contributed by atoms with Gasteiger partial charge in [-0.25, -0.2) is 0 Å². The molecule has 0 fully saturated rings. The van der Waals surface area contributed by atoms with Crippen LogP contribution in [0.3, 0.4) is 0 Å². The zero-order valence-corrected chi connectivity index (χ0v) is 13.1. The van der Waals surface area contributed by atoms with Gasteiger partial charge in [0.25, 0.3) is 0 Å². The number of hydrogen-bond donors (Lipinski definition) is 1. The van der Waals surface area contributed by atoms with Gasteiger partial charge in [0, 0.05) is 5.02 Å². The fraction of sp³-hybridized carbons (Fsp3) is 0.235. The van der Waals surface area contributed by atoms with Gasteiger partial charge in [0.1, 0.15) is 0 Å². The van der Waals surface area contributed by atoms with Gasteiger partial charge in [-0.2, -0.15) is 13.2 Å². The molecule has 0 aliphatic carbocycles. The largest absolute Gasteiger partial charge is 0.416 e. The van der Waals surface area contributed by atoms with Gasteiger partial charge in [0.05, 0.1) is 18.0 Å². The Morgan fingerprint density at radius 3 is 2.52 bits per heavy atom. The van der Waals surface area contributed by atoms with Gasteiger partial charge >= 0.3 is 6.18 Å². The van der Waals surface area contributed by atoms with Crippen LogP contribution in [0.2, 0.25) is 5.02 Å². The third kappa shape index (κ3) is 4.99. The Kier molecular flexibility index (Phi) is 5.31. The summed E-state index contributed by atoms with van der Waals surface area (Å²) in [4.78, 5) is 12.0. The van der Waals surface area contributed by atoms with E-state index < -0.39 is 17.8 Å². The highest BCUT2D eigenvalue weighted by molar-refractivity contribution is 6.30. The second-order valence-corrected chi connectivity index (χ2v) is 5.66. The van der Waals surface area contributed by atoms with Gasteiger partial charge in [-0.1, -0.05) is 35.9 Å². The average molecular weight is 342 g/mol. The molecule has 1 amide bonds. The lowest BCUT2D eigenvalue weighted by Crippen LogP contribution is -2.28. The first-order valence-electron chi connectivity index (χ1n) is 6.96. The molecule has 1 unspecified atom stereocenters. The van der Waals surface area contributed by atoms with E-state index in [9.17, 15) is 18.0 Å². The van der Waals surface area contributed by atoms with E-state index in [2.05, 4.69) is 5.32 Å². The van der Waals surface area contributed by atoms with Crippen molar-refractivity contribution in [2.45, 2.75) is 25.6 Å². The van der Waals surface area contributed by atoms with Crippen LogP contribution in [0.15, 0.2) is 48.5 Å². The summed E-state index contributed by atoms with van der Waals surface area (Å²) in [6.07, 6.45) is -4.29. The zero-order chi connectivity index (χ0) is 17.0. The van der Waals surface area contributed by atoms with E-state index in [0.29, 0.717) is 10.6 Å². The molecule has 0 radical (unpaired) electrons. The van der Waals surface area contributed by atoms with Crippen molar-refractivity contribution >= 4 is 17.5 Å². The van der Waals surface area contributed by atoms with E-state index in [1.54, 1.807) is 37.3 Å². The number of carbonyl (C=O) groups excluding carboxylic acids is 1. The molecule has 2 aromatic rings. The standard InChI is InChI=1S/C17H15ClF3NO/c1-11(13-5-3-6-14(10-13)17(19,20)21)22-16(23)9-12-4-2-7-15(18)8-12/h2-8,10-11H,9H2,1H3,(H,22,23). The van der Waals surface area contributed by atoms with Crippen LogP contribution in [0.5, 0.6) is 0 Å². The zero-order valence-electron chi connectivity index (χ0n) is 12.3. The third-order valence-electron chi connectivity index (χ3n) is 3.35. The Labute approximate surface area is 137 Å². The van der Waals surface area contributed by atoms with Crippen molar-refractivity contribution in [1.29, 1.82) is 0 Å². The van der Waals surface area contributed by atoms with Crippen molar-refractivity contribution in [1.82, 2.24) is 5.32 Å². The van der Waals surface area contributed by atoms with E-state index in [0.717, 1.165) is 17.7 Å². The number of hydrogen-bond acceptors (Lipinski definition) is 1. The lowest BCUT2D eigenvalue weighted by molar-refractivity contribution is -0.137. The van der Waals surface area contributed by atoms with Gasteiger partial charge in [0.2, 0.25) is 5.91 Å². The smallest absolute Gasteiger partial charge is 0.349 e. The summed E-state index contributed by atoms with van der Waals surface area (Å²) in [5.74, 6) is -0.280.